The summed E-state index contributed by atoms with van der Waals surface area (Å²) in [6.45, 7) is 8.66. The standard InChI is InChI=1S/C21H24N4O2/c1-14-12-18(19(26)22-13-17-6-5-11-27-17)25-20(23-14)24-16-9-7-15(8-10-16)21(2,3)4/h5-12H,13H2,1-4H3,(H,22,26)(H,23,24,25). The Morgan fingerprint density at radius 3 is 2.48 bits per heavy atom. The van der Waals surface area contributed by atoms with Gasteiger partial charge in [-0.1, -0.05) is 32.9 Å². The Balaban J connectivity index is 1.72. The summed E-state index contributed by atoms with van der Waals surface area (Å²) in [5.41, 5.74) is 3.23. The molecule has 6 nitrogen and oxygen atoms in total. The minimum Gasteiger partial charge on any atom is -0.467 e. The zero-order chi connectivity index (χ0) is 19.4. The molecule has 0 aliphatic rings. The van der Waals surface area contributed by atoms with E-state index in [-0.39, 0.29) is 11.3 Å². The van der Waals surface area contributed by atoms with Crippen LogP contribution >= 0.6 is 0 Å². The lowest BCUT2D eigenvalue weighted by molar-refractivity contribution is 0.0943. The largest absolute Gasteiger partial charge is 0.467 e. The second kappa shape index (κ2) is 7.61. The Hall–Kier alpha value is -3.15. The minimum atomic E-state index is -0.275. The molecular weight excluding hydrogens is 340 g/mol. The van der Waals surface area contributed by atoms with E-state index in [1.807, 2.05) is 19.1 Å². The molecule has 3 rings (SSSR count). The van der Waals surface area contributed by atoms with Crippen molar-refractivity contribution in [1.82, 2.24) is 15.3 Å². The number of furan rings is 1. The summed E-state index contributed by atoms with van der Waals surface area (Å²) < 4.78 is 5.22. The molecule has 0 radical (unpaired) electrons. The van der Waals surface area contributed by atoms with E-state index in [9.17, 15) is 4.79 Å². The van der Waals surface area contributed by atoms with Crippen LogP contribution in [-0.4, -0.2) is 15.9 Å². The summed E-state index contributed by atoms with van der Waals surface area (Å²) in [5.74, 6) is 0.802. The summed E-state index contributed by atoms with van der Waals surface area (Å²) >= 11 is 0. The zero-order valence-electron chi connectivity index (χ0n) is 16.0. The highest BCUT2D eigenvalue weighted by atomic mass is 16.3. The summed E-state index contributed by atoms with van der Waals surface area (Å²) in [5, 5.41) is 5.96. The second-order valence-corrected chi connectivity index (χ2v) is 7.43. The van der Waals surface area contributed by atoms with Crippen molar-refractivity contribution in [2.24, 2.45) is 0 Å². The van der Waals surface area contributed by atoms with Crippen LogP contribution in [0.1, 0.15) is 48.3 Å². The first kappa shape index (κ1) is 18.6. The molecule has 0 unspecified atom stereocenters. The average molecular weight is 364 g/mol. The van der Waals surface area contributed by atoms with Crippen LogP contribution in [0.25, 0.3) is 0 Å². The van der Waals surface area contributed by atoms with Crippen LogP contribution in [0.4, 0.5) is 11.6 Å². The molecule has 6 heteroatoms. The van der Waals surface area contributed by atoms with Crippen molar-refractivity contribution in [3.05, 3.63) is 71.4 Å². The lowest BCUT2D eigenvalue weighted by atomic mass is 9.87. The smallest absolute Gasteiger partial charge is 0.270 e. The number of hydrogen-bond acceptors (Lipinski definition) is 5. The van der Waals surface area contributed by atoms with Gasteiger partial charge in [0.05, 0.1) is 12.8 Å². The number of hydrogen-bond donors (Lipinski definition) is 2. The number of aromatic nitrogens is 2. The van der Waals surface area contributed by atoms with Crippen LogP contribution in [0.2, 0.25) is 0 Å². The number of carbonyl (C=O) groups excluding carboxylic acids is 1. The van der Waals surface area contributed by atoms with Gasteiger partial charge in [-0.3, -0.25) is 4.79 Å². The van der Waals surface area contributed by atoms with E-state index in [1.54, 1.807) is 24.5 Å². The normalized spacial score (nSPS) is 11.3. The van der Waals surface area contributed by atoms with Gasteiger partial charge in [0.2, 0.25) is 5.95 Å². The molecule has 1 aromatic carbocycles. The fourth-order valence-electron chi connectivity index (χ4n) is 2.59. The molecule has 2 aromatic heterocycles. The van der Waals surface area contributed by atoms with Gasteiger partial charge in [0.15, 0.2) is 0 Å². The number of carbonyl (C=O) groups is 1. The van der Waals surface area contributed by atoms with Crippen LogP contribution in [0.5, 0.6) is 0 Å². The van der Waals surface area contributed by atoms with Gasteiger partial charge < -0.3 is 15.1 Å². The van der Waals surface area contributed by atoms with Crippen molar-refractivity contribution in [2.45, 2.75) is 39.7 Å². The van der Waals surface area contributed by atoms with Crippen molar-refractivity contribution in [2.75, 3.05) is 5.32 Å². The Morgan fingerprint density at radius 2 is 1.85 bits per heavy atom. The molecule has 0 spiro atoms. The van der Waals surface area contributed by atoms with E-state index in [0.717, 1.165) is 5.69 Å². The lowest BCUT2D eigenvalue weighted by Crippen LogP contribution is -2.24. The van der Waals surface area contributed by atoms with Crippen molar-refractivity contribution in [3.8, 4) is 0 Å². The first-order valence-electron chi connectivity index (χ1n) is 8.85. The highest BCUT2D eigenvalue weighted by Crippen LogP contribution is 2.24. The predicted octanol–water partition coefficient (Wildman–Crippen LogP) is 4.35. The van der Waals surface area contributed by atoms with Gasteiger partial charge in [0, 0.05) is 11.4 Å². The van der Waals surface area contributed by atoms with Crippen LogP contribution in [0.15, 0.2) is 53.1 Å². The number of rotatable bonds is 5. The molecule has 27 heavy (non-hydrogen) atoms. The number of nitrogens with one attached hydrogen (secondary N) is 2. The van der Waals surface area contributed by atoms with Gasteiger partial charge in [-0.15, -0.1) is 0 Å². The molecule has 0 saturated carbocycles. The maximum Gasteiger partial charge on any atom is 0.270 e. The minimum absolute atomic E-state index is 0.0949. The molecule has 0 aliphatic carbocycles. The summed E-state index contributed by atoms with van der Waals surface area (Å²) in [6.07, 6.45) is 1.57. The Morgan fingerprint density at radius 1 is 1.11 bits per heavy atom. The van der Waals surface area contributed by atoms with Crippen molar-refractivity contribution in [3.63, 3.8) is 0 Å². The third-order valence-corrected chi connectivity index (χ3v) is 4.10. The topological polar surface area (TPSA) is 80.0 Å². The summed E-state index contributed by atoms with van der Waals surface area (Å²) in [4.78, 5) is 21.1. The van der Waals surface area contributed by atoms with Crippen molar-refractivity contribution >= 4 is 17.5 Å². The van der Waals surface area contributed by atoms with E-state index < -0.39 is 0 Å². The van der Waals surface area contributed by atoms with Gasteiger partial charge in [-0.25, -0.2) is 9.97 Å². The van der Waals surface area contributed by atoms with Gasteiger partial charge in [-0.05, 0) is 48.2 Å². The fourth-order valence-corrected chi connectivity index (χ4v) is 2.59. The van der Waals surface area contributed by atoms with Crippen LogP contribution in [-0.2, 0) is 12.0 Å². The maximum atomic E-state index is 12.4. The van der Waals surface area contributed by atoms with Crippen molar-refractivity contribution < 1.29 is 9.21 Å². The quantitative estimate of drug-likeness (QED) is 0.703. The second-order valence-electron chi connectivity index (χ2n) is 7.43. The number of benzene rings is 1. The van der Waals surface area contributed by atoms with Crippen molar-refractivity contribution in [1.29, 1.82) is 0 Å². The van der Waals surface area contributed by atoms with E-state index in [1.165, 1.54) is 5.56 Å². The third-order valence-electron chi connectivity index (χ3n) is 4.10. The first-order valence-corrected chi connectivity index (χ1v) is 8.85. The molecule has 0 saturated heterocycles. The van der Waals surface area contributed by atoms with Crippen LogP contribution in [0.3, 0.4) is 0 Å². The van der Waals surface area contributed by atoms with E-state index in [2.05, 4.69) is 53.5 Å². The monoisotopic (exact) mass is 364 g/mol. The van der Waals surface area contributed by atoms with Gasteiger partial charge in [-0.2, -0.15) is 0 Å². The van der Waals surface area contributed by atoms with Crippen LogP contribution < -0.4 is 10.6 Å². The SMILES string of the molecule is Cc1cc(C(=O)NCc2ccco2)nc(Nc2ccc(C(C)(C)C)cc2)n1. The molecule has 1 amide bonds. The number of amides is 1. The third kappa shape index (κ3) is 4.94. The molecular formula is C21H24N4O2. The van der Waals surface area contributed by atoms with Gasteiger partial charge >= 0.3 is 0 Å². The molecule has 140 valence electrons. The number of nitrogens with zero attached hydrogens (tertiary/aromatic N) is 2. The van der Waals surface area contributed by atoms with Gasteiger partial charge in [0.1, 0.15) is 11.5 Å². The fraction of sp³-hybridized carbons (Fsp3) is 0.286. The number of aryl methyl sites for hydroxylation is 1. The van der Waals surface area contributed by atoms with E-state index >= 15 is 0 Å². The molecule has 0 aliphatic heterocycles. The Kier molecular flexibility index (Phi) is 5.26. The molecule has 0 fully saturated rings. The molecule has 0 bridgehead atoms. The molecule has 0 atom stereocenters. The molecule has 3 aromatic rings. The lowest BCUT2D eigenvalue weighted by Gasteiger charge is -2.19. The van der Waals surface area contributed by atoms with E-state index in [4.69, 9.17) is 4.42 Å². The Bertz CT molecular complexity index is 910. The number of anilines is 2. The van der Waals surface area contributed by atoms with Crippen LogP contribution in [0, 0.1) is 6.92 Å². The summed E-state index contributed by atoms with van der Waals surface area (Å²) in [6, 6.07) is 13.4. The molecule has 2 N–H and O–H groups in total. The molecule has 2 heterocycles. The van der Waals surface area contributed by atoms with E-state index in [0.29, 0.717) is 29.6 Å². The Labute approximate surface area is 159 Å². The zero-order valence-corrected chi connectivity index (χ0v) is 16.0. The predicted molar refractivity (Wildman–Crippen MR) is 105 cm³/mol. The van der Waals surface area contributed by atoms with Gasteiger partial charge in [0.25, 0.3) is 5.91 Å². The highest BCUT2D eigenvalue weighted by molar-refractivity contribution is 5.92. The summed E-state index contributed by atoms with van der Waals surface area (Å²) in [7, 11) is 0. The maximum absolute atomic E-state index is 12.4. The first-order chi connectivity index (χ1) is 12.8. The average Bonchev–Trinajstić information content (AvgIpc) is 3.12. The highest BCUT2D eigenvalue weighted by Gasteiger charge is 2.14.